The number of carboxylic acid groups (broad SMARTS) is 1. The Morgan fingerprint density at radius 3 is 2.73 bits per heavy atom. The van der Waals surface area contributed by atoms with Crippen LogP contribution in [0, 0.1) is 12.8 Å². The van der Waals surface area contributed by atoms with E-state index in [4.69, 9.17) is 9.52 Å². The summed E-state index contributed by atoms with van der Waals surface area (Å²) in [6.07, 6.45) is 0. The van der Waals surface area contributed by atoms with E-state index in [0.29, 0.717) is 13.1 Å². The molecule has 0 saturated heterocycles. The monoisotopic (exact) mass is 211 g/mol. The van der Waals surface area contributed by atoms with Crippen LogP contribution in [0.5, 0.6) is 0 Å². The van der Waals surface area contributed by atoms with Gasteiger partial charge in [0.2, 0.25) is 0 Å². The molecule has 0 radical (unpaired) electrons. The first-order valence-electron chi connectivity index (χ1n) is 4.95. The second-order valence-electron chi connectivity index (χ2n) is 3.95. The summed E-state index contributed by atoms with van der Waals surface area (Å²) >= 11 is 0. The fourth-order valence-electron chi connectivity index (χ4n) is 1.45. The SMILES string of the molecule is Cc1ccc(CN(C)CC(C)C(=O)O)o1. The summed E-state index contributed by atoms with van der Waals surface area (Å²) in [6, 6.07) is 3.82. The predicted molar refractivity (Wildman–Crippen MR) is 56.6 cm³/mol. The van der Waals surface area contributed by atoms with E-state index in [1.54, 1.807) is 6.92 Å². The van der Waals surface area contributed by atoms with Gasteiger partial charge in [-0.2, -0.15) is 0 Å². The summed E-state index contributed by atoms with van der Waals surface area (Å²) in [5, 5.41) is 8.75. The van der Waals surface area contributed by atoms with Crippen LogP contribution < -0.4 is 0 Å². The molecule has 1 rings (SSSR count). The van der Waals surface area contributed by atoms with E-state index >= 15 is 0 Å². The lowest BCUT2D eigenvalue weighted by molar-refractivity contribution is -0.141. The number of hydrogen-bond donors (Lipinski definition) is 1. The van der Waals surface area contributed by atoms with Crippen molar-refractivity contribution in [2.45, 2.75) is 20.4 Å². The van der Waals surface area contributed by atoms with Crippen molar-refractivity contribution in [3.05, 3.63) is 23.7 Å². The number of nitrogens with zero attached hydrogens (tertiary/aromatic N) is 1. The predicted octanol–water partition coefficient (Wildman–Crippen LogP) is 1.74. The van der Waals surface area contributed by atoms with Gasteiger partial charge in [0.1, 0.15) is 11.5 Å². The zero-order valence-electron chi connectivity index (χ0n) is 9.36. The summed E-state index contributed by atoms with van der Waals surface area (Å²) in [5.74, 6) is 0.626. The Hall–Kier alpha value is -1.29. The number of furan rings is 1. The molecule has 15 heavy (non-hydrogen) atoms. The molecule has 0 aliphatic carbocycles. The molecule has 1 aromatic rings. The second-order valence-corrected chi connectivity index (χ2v) is 3.95. The van der Waals surface area contributed by atoms with E-state index in [1.165, 1.54) is 0 Å². The first-order chi connectivity index (χ1) is 6.99. The van der Waals surface area contributed by atoms with Crippen LogP contribution in [-0.2, 0) is 11.3 Å². The molecule has 1 atom stereocenters. The number of hydrogen-bond acceptors (Lipinski definition) is 3. The Morgan fingerprint density at radius 2 is 2.27 bits per heavy atom. The minimum absolute atomic E-state index is 0.356. The molecule has 1 unspecified atom stereocenters. The molecule has 0 saturated carbocycles. The van der Waals surface area contributed by atoms with Gasteiger partial charge in [-0.15, -0.1) is 0 Å². The summed E-state index contributed by atoms with van der Waals surface area (Å²) in [7, 11) is 1.89. The minimum atomic E-state index is -0.766. The van der Waals surface area contributed by atoms with E-state index in [0.717, 1.165) is 11.5 Å². The van der Waals surface area contributed by atoms with Gasteiger partial charge in [0, 0.05) is 6.54 Å². The van der Waals surface area contributed by atoms with Gasteiger partial charge in [-0.1, -0.05) is 6.92 Å². The lowest BCUT2D eigenvalue weighted by Gasteiger charge is -2.17. The van der Waals surface area contributed by atoms with Crippen molar-refractivity contribution >= 4 is 5.97 Å². The zero-order chi connectivity index (χ0) is 11.4. The fraction of sp³-hybridized carbons (Fsp3) is 0.545. The van der Waals surface area contributed by atoms with E-state index in [2.05, 4.69) is 0 Å². The van der Waals surface area contributed by atoms with Gasteiger partial charge in [-0.05, 0) is 26.1 Å². The Kier molecular flexibility index (Phi) is 3.91. The molecule has 4 heteroatoms. The molecule has 0 amide bonds. The Morgan fingerprint density at radius 1 is 1.60 bits per heavy atom. The minimum Gasteiger partial charge on any atom is -0.481 e. The van der Waals surface area contributed by atoms with Crippen molar-refractivity contribution < 1.29 is 14.3 Å². The number of carboxylic acids is 1. The zero-order valence-corrected chi connectivity index (χ0v) is 9.36. The average molecular weight is 211 g/mol. The molecule has 0 bridgehead atoms. The third kappa shape index (κ3) is 3.75. The summed E-state index contributed by atoms with van der Waals surface area (Å²) in [5.41, 5.74) is 0. The molecule has 0 fully saturated rings. The van der Waals surface area contributed by atoms with Crippen molar-refractivity contribution in [3.8, 4) is 0 Å². The molecular formula is C11H17NO3. The van der Waals surface area contributed by atoms with E-state index in [1.807, 2.05) is 31.0 Å². The molecule has 1 N–H and O–H groups in total. The fourth-order valence-corrected chi connectivity index (χ4v) is 1.45. The quantitative estimate of drug-likeness (QED) is 0.806. The molecule has 0 aromatic carbocycles. The van der Waals surface area contributed by atoms with Gasteiger partial charge in [0.25, 0.3) is 0 Å². The molecule has 1 aromatic heterocycles. The highest BCUT2D eigenvalue weighted by Crippen LogP contribution is 2.09. The van der Waals surface area contributed by atoms with Gasteiger partial charge < -0.3 is 9.52 Å². The molecular weight excluding hydrogens is 194 g/mol. The van der Waals surface area contributed by atoms with Crippen molar-refractivity contribution in [3.63, 3.8) is 0 Å². The smallest absolute Gasteiger partial charge is 0.307 e. The molecule has 4 nitrogen and oxygen atoms in total. The average Bonchev–Trinajstić information content (AvgIpc) is 2.50. The van der Waals surface area contributed by atoms with Crippen LogP contribution in [0.3, 0.4) is 0 Å². The highest BCUT2D eigenvalue weighted by atomic mass is 16.4. The summed E-state index contributed by atoms with van der Waals surface area (Å²) < 4.78 is 5.41. The third-order valence-corrected chi connectivity index (χ3v) is 2.23. The molecule has 0 spiro atoms. The standard InChI is InChI=1S/C11H17NO3/c1-8(11(13)14)6-12(3)7-10-5-4-9(2)15-10/h4-5,8H,6-7H2,1-3H3,(H,13,14). The first kappa shape index (κ1) is 11.8. The topological polar surface area (TPSA) is 53.7 Å². The van der Waals surface area contributed by atoms with Crippen LogP contribution in [0.4, 0.5) is 0 Å². The Bertz CT molecular complexity index is 332. The van der Waals surface area contributed by atoms with Crippen LogP contribution in [0.2, 0.25) is 0 Å². The number of aliphatic carboxylic acids is 1. The van der Waals surface area contributed by atoms with E-state index in [-0.39, 0.29) is 5.92 Å². The maximum absolute atomic E-state index is 10.6. The van der Waals surface area contributed by atoms with Crippen LogP contribution >= 0.6 is 0 Å². The highest BCUT2D eigenvalue weighted by Gasteiger charge is 2.14. The molecule has 1 heterocycles. The van der Waals surface area contributed by atoms with Crippen molar-refractivity contribution in [2.24, 2.45) is 5.92 Å². The summed E-state index contributed by atoms with van der Waals surface area (Å²) in [4.78, 5) is 12.6. The number of aryl methyl sites for hydroxylation is 1. The summed E-state index contributed by atoms with van der Waals surface area (Å²) in [6.45, 7) is 4.76. The largest absolute Gasteiger partial charge is 0.481 e. The van der Waals surface area contributed by atoms with Gasteiger partial charge >= 0.3 is 5.97 Å². The van der Waals surface area contributed by atoms with Crippen molar-refractivity contribution in [1.29, 1.82) is 0 Å². The number of carbonyl (C=O) groups is 1. The Balaban J connectivity index is 2.42. The van der Waals surface area contributed by atoms with Crippen LogP contribution in [0.15, 0.2) is 16.5 Å². The second kappa shape index (κ2) is 4.98. The molecule has 84 valence electrons. The van der Waals surface area contributed by atoms with E-state index in [9.17, 15) is 4.79 Å². The normalized spacial score (nSPS) is 13.1. The van der Waals surface area contributed by atoms with Crippen LogP contribution in [0.1, 0.15) is 18.4 Å². The van der Waals surface area contributed by atoms with E-state index < -0.39 is 5.97 Å². The maximum atomic E-state index is 10.6. The molecule has 0 aliphatic rings. The van der Waals surface area contributed by atoms with Crippen molar-refractivity contribution in [2.75, 3.05) is 13.6 Å². The maximum Gasteiger partial charge on any atom is 0.307 e. The van der Waals surface area contributed by atoms with Gasteiger partial charge in [-0.3, -0.25) is 9.69 Å². The lowest BCUT2D eigenvalue weighted by Crippen LogP contribution is -2.28. The van der Waals surface area contributed by atoms with Crippen LogP contribution in [-0.4, -0.2) is 29.6 Å². The molecule has 0 aliphatic heterocycles. The lowest BCUT2D eigenvalue weighted by atomic mass is 10.2. The Labute approximate surface area is 89.5 Å². The van der Waals surface area contributed by atoms with Crippen LogP contribution in [0.25, 0.3) is 0 Å². The number of rotatable bonds is 5. The van der Waals surface area contributed by atoms with Gasteiger partial charge in [0.15, 0.2) is 0 Å². The van der Waals surface area contributed by atoms with Crippen molar-refractivity contribution in [1.82, 2.24) is 4.90 Å². The van der Waals surface area contributed by atoms with Gasteiger partial charge in [-0.25, -0.2) is 0 Å². The highest BCUT2D eigenvalue weighted by molar-refractivity contribution is 5.69. The van der Waals surface area contributed by atoms with Gasteiger partial charge in [0.05, 0.1) is 12.5 Å². The first-order valence-corrected chi connectivity index (χ1v) is 4.95. The third-order valence-electron chi connectivity index (χ3n) is 2.23.